The van der Waals surface area contributed by atoms with Gasteiger partial charge in [-0.05, 0) is 41.0 Å². The number of carbonyl (C=O) groups is 2. The molecule has 3 aromatic rings. The van der Waals surface area contributed by atoms with E-state index < -0.39 is 11.9 Å². The minimum Gasteiger partial charge on any atom is -0.465 e. The summed E-state index contributed by atoms with van der Waals surface area (Å²) in [7, 11) is 1.33. The van der Waals surface area contributed by atoms with E-state index in [1.807, 2.05) is 54.6 Å². The van der Waals surface area contributed by atoms with E-state index in [1.165, 1.54) is 12.7 Å². The number of ether oxygens (including phenoxy) is 1. The van der Waals surface area contributed by atoms with Gasteiger partial charge in [0.05, 0.1) is 24.1 Å². The normalized spacial score (nSPS) is 15.3. The van der Waals surface area contributed by atoms with E-state index in [-0.39, 0.29) is 5.91 Å². The number of anilines is 1. The van der Waals surface area contributed by atoms with Gasteiger partial charge in [-0.1, -0.05) is 62.4 Å². The number of nitrogens with one attached hydrogen (secondary N) is 2. The maximum atomic E-state index is 13.1. The van der Waals surface area contributed by atoms with Gasteiger partial charge in [0.25, 0.3) is 0 Å². The van der Waals surface area contributed by atoms with E-state index in [0.717, 1.165) is 23.4 Å². The van der Waals surface area contributed by atoms with Crippen LogP contribution in [0.3, 0.4) is 0 Å². The van der Waals surface area contributed by atoms with Crippen LogP contribution >= 0.6 is 0 Å². The fourth-order valence-corrected chi connectivity index (χ4v) is 3.83. The molecule has 1 amide bonds. The molecule has 33 heavy (non-hydrogen) atoms. The van der Waals surface area contributed by atoms with E-state index in [0.29, 0.717) is 23.0 Å². The maximum absolute atomic E-state index is 13.1. The molecule has 4 rings (SSSR count). The van der Waals surface area contributed by atoms with Crippen molar-refractivity contribution >= 4 is 29.0 Å². The SMILES string of the molecule is COC(=O)c1ccc2c(c1)NC(=O)C2C(=Nc1ccc(CNC(C)C)cc1)c1ccccc1. The molecule has 0 aliphatic carbocycles. The van der Waals surface area contributed by atoms with Gasteiger partial charge >= 0.3 is 5.97 Å². The summed E-state index contributed by atoms with van der Waals surface area (Å²) >= 11 is 0. The highest BCUT2D eigenvalue weighted by Gasteiger charge is 2.35. The molecule has 1 unspecified atom stereocenters. The van der Waals surface area contributed by atoms with Crippen LogP contribution in [0, 0.1) is 0 Å². The molecule has 168 valence electrons. The summed E-state index contributed by atoms with van der Waals surface area (Å²) < 4.78 is 4.81. The highest BCUT2D eigenvalue weighted by atomic mass is 16.5. The third kappa shape index (κ3) is 5.02. The molecule has 0 spiro atoms. The second-order valence-electron chi connectivity index (χ2n) is 8.28. The lowest BCUT2D eigenvalue weighted by molar-refractivity contribution is -0.115. The second kappa shape index (κ2) is 9.79. The molecule has 0 bridgehead atoms. The number of hydrogen-bond donors (Lipinski definition) is 2. The summed E-state index contributed by atoms with van der Waals surface area (Å²) in [6.45, 7) is 5.01. The zero-order valence-corrected chi connectivity index (χ0v) is 19.0. The molecule has 1 atom stereocenters. The first kappa shape index (κ1) is 22.4. The first-order valence-electron chi connectivity index (χ1n) is 11.0. The molecule has 0 saturated carbocycles. The predicted octanol–water partition coefficient (Wildman–Crippen LogP) is 4.83. The molecule has 1 heterocycles. The summed E-state index contributed by atoms with van der Waals surface area (Å²) in [5.41, 5.74) is 5.25. The van der Waals surface area contributed by atoms with Gasteiger partial charge in [-0.3, -0.25) is 9.79 Å². The van der Waals surface area contributed by atoms with Crippen LogP contribution in [0.5, 0.6) is 0 Å². The molecule has 0 radical (unpaired) electrons. The van der Waals surface area contributed by atoms with Crippen molar-refractivity contribution in [2.75, 3.05) is 12.4 Å². The van der Waals surface area contributed by atoms with Gasteiger partial charge in [0, 0.05) is 18.3 Å². The summed E-state index contributed by atoms with van der Waals surface area (Å²) in [6.07, 6.45) is 0. The van der Waals surface area contributed by atoms with E-state index in [9.17, 15) is 9.59 Å². The van der Waals surface area contributed by atoms with E-state index in [1.54, 1.807) is 18.2 Å². The second-order valence-corrected chi connectivity index (χ2v) is 8.28. The number of methoxy groups -OCH3 is 1. The Kier molecular flexibility index (Phi) is 6.66. The Bertz CT molecular complexity index is 1180. The quantitative estimate of drug-likeness (QED) is 0.407. The van der Waals surface area contributed by atoms with Crippen molar-refractivity contribution in [1.82, 2.24) is 5.32 Å². The molecule has 0 aromatic heterocycles. The van der Waals surface area contributed by atoms with Crippen LogP contribution in [0.4, 0.5) is 11.4 Å². The van der Waals surface area contributed by atoms with E-state index in [2.05, 4.69) is 24.5 Å². The average molecular weight is 442 g/mol. The fourth-order valence-electron chi connectivity index (χ4n) is 3.83. The van der Waals surface area contributed by atoms with Gasteiger partial charge in [-0.25, -0.2) is 4.79 Å². The molecule has 0 fully saturated rings. The molecule has 6 nitrogen and oxygen atoms in total. The zero-order chi connectivity index (χ0) is 23.4. The Morgan fingerprint density at radius 2 is 1.76 bits per heavy atom. The van der Waals surface area contributed by atoms with Gasteiger partial charge in [0.1, 0.15) is 5.92 Å². The van der Waals surface area contributed by atoms with E-state index in [4.69, 9.17) is 9.73 Å². The number of hydrogen-bond acceptors (Lipinski definition) is 5. The molecule has 1 aliphatic rings. The molecule has 3 aromatic carbocycles. The minimum atomic E-state index is -0.587. The Labute approximate surface area is 193 Å². The van der Waals surface area contributed by atoms with Crippen LogP contribution < -0.4 is 10.6 Å². The third-order valence-corrected chi connectivity index (χ3v) is 5.55. The lowest BCUT2D eigenvalue weighted by atomic mass is 9.90. The Morgan fingerprint density at radius 3 is 2.42 bits per heavy atom. The van der Waals surface area contributed by atoms with Gasteiger partial charge in [-0.2, -0.15) is 0 Å². The third-order valence-electron chi connectivity index (χ3n) is 5.55. The maximum Gasteiger partial charge on any atom is 0.337 e. The van der Waals surface area contributed by atoms with Gasteiger partial charge in [0.2, 0.25) is 5.91 Å². The predicted molar refractivity (Wildman–Crippen MR) is 130 cm³/mol. The number of amides is 1. The van der Waals surface area contributed by atoms with Crippen LogP contribution in [0.15, 0.2) is 77.8 Å². The topological polar surface area (TPSA) is 79.8 Å². The van der Waals surface area contributed by atoms with Crippen LogP contribution in [0.1, 0.15) is 46.8 Å². The van der Waals surface area contributed by atoms with Crippen LogP contribution in [0.25, 0.3) is 0 Å². The zero-order valence-electron chi connectivity index (χ0n) is 19.0. The van der Waals surface area contributed by atoms with Crippen molar-refractivity contribution < 1.29 is 14.3 Å². The number of nitrogens with zero attached hydrogens (tertiary/aromatic N) is 1. The first-order valence-corrected chi connectivity index (χ1v) is 11.0. The van der Waals surface area contributed by atoms with Crippen LogP contribution in [0.2, 0.25) is 0 Å². The van der Waals surface area contributed by atoms with Crippen LogP contribution in [-0.4, -0.2) is 30.7 Å². The van der Waals surface area contributed by atoms with Crippen LogP contribution in [-0.2, 0) is 16.1 Å². The molecular formula is C27H27N3O3. The fraction of sp³-hybridized carbons (Fsp3) is 0.222. The Balaban J connectivity index is 1.72. The highest BCUT2D eigenvalue weighted by Crippen LogP contribution is 2.37. The van der Waals surface area contributed by atoms with Gasteiger partial charge < -0.3 is 15.4 Å². The molecule has 1 aliphatic heterocycles. The Morgan fingerprint density at radius 1 is 1.03 bits per heavy atom. The monoisotopic (exact) mass is 441 g/mol. The summed E-state index contributed by atoms with van der Waals surface area (Å²) in [5, 5.41) is 6.31. The smallest absolute Gasteiger partial charge is 0.337 e. The lowest BCUT2D eigenvalue weighted by Gasteiger charge is -2.14. The van der Waals surface area contributed by atoms with Crippen molar-refractivity contribution in [2.45, 2.75) is 32.4 Å². The average Bonchev–Trinajstić information content (AvgIpc) is 3.16. The van der Waals surface area contributed by atoms with E-state index >= 15 is 0 Å². The first-order chi connectivity index (χ1) is 16.0. The summed E-state index contributed by atoms with van der Waals surface area (Å²) in [4.78, 5) is 29.9. The largest absolute Gasteiger partial charge is 0.465 e. The summed E-state index contributed by atoms with van der Waals surface area (Å²) in [6, 6.07) is 23.3. The van der Waals surface area contributed by atoms with Crippen molar-refractivity contribution in [3.8, 4) is 0 Å². The number of carbonyl (C=O) groups excluding carboxylic acids is 2. The number of esters is 1. The number of fused-ring (bicyclic) bond motifs is 1. The molecular weight excluding hydrogens is 414 g/mol. The van der Waals surface area contributed by atoms with Crippen molar-refractivity contribution in [2.24, 2.45) is 4.99 Å². The van der Waals surface area contributed by atoms with Crippen molar-refractivity contribution in [3.63, 3.8) is 0 Å². The van der Waals surface area contributed by atoms with Gasteiger partial charge in [0.15, 0.2) is 0 Å². The minimum absolute atomic E-state index is 0.174. The highest BCUT2D eigenvalue weighted by molar-refractivity contribution is 6.24. The molecule has 6 heteroatoms. The Hall–Kier alpha value is -3.77. The van der Waals surface area contributed by atoms with Crippen molar-refractivity contribution in [3.05, 3.63) is 95.1 Å². The number of benzene rings is 3. The molecule has 0 saturated heterocycles. The number of aliphatic imine (C=N–C) groups is 1. The van der Waals surface area contributed by atoms with Crippen molar-refractivity contribution in [1.29, 1.82) is 0 Å². The van der Waals surface area contributed by atoms with Gasteiger partial charge in [-0.15, -0.1) is 0 Å². The summed E-state index contributed by atoms with van der Waals surface area (Å²) in [5.74, 6) is -1.21. The number of rotatable bonds is 7. The standard InChI is InChI=1S/C27H27N3O3/c1-17(2)28-16-18-9-12-21(13-10-18)29-25(19-7-5-4-6-8-19)24-22-14-11-20(27(32)33-3)15-23(22)30-26(24)31/h4-15,17,24,28H,16H2,1-3H3,(H,30,31). The molecule has 2 N–H and O–H groups in total. The lowest BCUT2D eigenvalue weighted by Crippen LogP contribution is -2.22.